The molecule has 0 saturated carbocycles. The number of nitrogens with zero attached hydrogens (tertiary/aromatic N) is 1. The lowest BCUT2D eigenvalue weighted by Crippen LogP contribution is -2.37. The predicted molar refractivity (Wildman–Crippen MR) is 109 cm³/mol. The van der Waals surface area contributed by atoms with E-state index in [4.69, 9.17) is 4.74 Å². The van der Waals surface area contributed by atoms with Crippen LogP contribution in [0.4, 0.5) is 11.4 Å². The fraction of sp³-hybridized carbons (Fsp3) is 0.350. The van der Waals surface area contributed by atoms with Gasteiger partial charge in [0.2, 0.25) is 15.9 Å². The van der Waals surface area contributed by atoms with E-state index in [1.165, 1.54) is 0 Å². The van der Waals surface area contributed by atoms with Gasteiger partial charge in [0.25, 0.3) is 0 Å². The molecule has 146 valence electrons. The molecule has 0 aliphatic carbocycles. The fourth-order valence-corrected chi connectivity index (χ4v) is 3.46. The van der Waals surface area contributed by atoms with Gasteiger partial charge in [0.1, 0.15) is 12.3 Å². The Bertz CT molecular complexity index is 893. The van der Waals surface area contributed by atoms with Gasteiger partial charge in [-0.25, -0.2) is 8.42 Å². The summed E-state index contributed by atoms with van der Waals surface area (Å²) >= 11 is 0. The third-order valence-electron chi connectivity index (χ3n) is 3.94. The minimum absolute atomic E-state index is 0.304. The quantitative estimate of drug-likeness (QED) is 0.749. The highest BCUT2D eigenvalue weighted by molar-refractivity contribution is 7.92. The van der Waals surface area contributed by atoms with Crippen molar-refractivity contribution in [2.24, 2.45) is 0 Å². The molecule has 0 bridgehead atoms. The first-order chi connectivity index (χ1) is 12.7. The van der Waals surface area contributed by atoms with Crippen molar-refractivity contribution in [2.75, 3.05) is 29.0 Å². The second-order valence-corrected chi connectivity index (χ2v) is 8.39. The minimum Gasteiger partial charge on any atom is -0.494 e. The molecule has 0 aliphatic heterocycles. The normalized spacial score (nSPS) is 11.1. The number of amides is 1. The molecule has 2 aromatic rings. The van der Waals surface area contributed by atoms with Crippen molar-refractivity contribution in [2.45, 2.75) is 27.2 Å². The average Bonchev–Trinajstić information content (AvgIpc) is 2.60. The number of nitrogens with one attached hydrogen (secondary N) is 1. The molecule has 1 amide bonds. The van der Waals surface area contributed by atoms with E-state index in [9.17, 15) is 13.2 Å². The number of rotatable bonds is 8. The number of benzene rings is 2. The van der Waals surface area contributed by atoms with Gasteiger partial charge in [0, 0.05) is 5.69 Å². The van der Waals surface area contributed by atoms with Gasteiger partial charge in [-0.2, -0.15) is 0 Å². The largest absolute Gasteiger partial charge is 0.494 e. The molecular weight excluding hydrogens is 364 g/mol. The SMILES string of the molecule is CCCOc1ccc(N(CC(=O)Nc2ccc(C)cc2C)S(C)(=O)=O)cc1. The van der Waals surface area contributed by atoms with Crippen molar-refractivity contribution in [3.8, 4) is 5.75 Å². The first-order valence-corrected chi connectivity index (χ1v) is 10.6. The van der Waals surface area contributed by atoms with Crippen LogP contribution < -0.4 is 14.4 Å². The molecule has 1 N–H and O–H groups in total. The Labute approximate surface area is 161 Å². The summed E-state index contributed by atoms with van der Waals surface area (Å²) in [4.78, 5) is 12.4. The van der Waals surface area contributed by atoms with Gasteiger partial charge < -0.3 is 10.1 Å². The standard InChI is InChI=1S/C20H26N2O4S/c1-5-12-26-18-9-7-17(8-10-18)22(27(4,24)25)14-20(23)21-19-11-6-15(2)13-16(19)3/h6-11,13H,5,12,14H2,1-4H3,(H,21,23). The van der Waals surface area contributed by atoms with Crippen LogP contribution in [0.15, 0.2) is 42.5 Å². The van der Waals surface area contributed by atoms with Gasteiger partial charge in [0.05, 0.1) is 18.6 Å². The first kappa shape index (κ1) is 20.8. The molecular formula is C20H26N2O4S. The zero-order valence-electron chi connectivity index (χ0n) is 16.2. The van der Waals surface area contributed by atoms with Gasteiger partial charge in [-0.05, 0) is 56.2 Å². The topological polar surface area (TPSA) is 75.7 Å². The van der Waals surface area contributed by atoms with Crippen LogP contribution in [0.3, 0.4) is 0 Å². The zero-order valence-corrected chi connectivity index (χ0v) is 17.0. The smallest absolute Gasteiger partial charge is 0.245 e. The Hall–Kier alpha value is -2.54. The van der Waals surface area contributed by atoms with E-state index >= 15 is 0 Å². The van der Waals surface area contributed by atoms with Crippen LogP contribution in [0, 0.1) is 13.8 Å². The van der Waals surface area contributed by atoms with Gasteiger partial charge in [-0.1, -0.05) is 24.6 Å². The maximum atomic E-state index is 12.4. The maximum absolute atomic E-state index is 12.4. The van der Waals surface area contributed by atoms with Crippen LogP contribution in [0.1, 0.15) is 24.5 Å². The number of hydrogen-bond acceptors (Lipinski definition) is 4. The first-order valence-electron chi connectivity index (χ1n) is 8.78. The highest BCUT2D eigenvalue weighted by Gasteiger charge is 2.21. The van der Waals surface area contributed by atoms with Gasteiger partial charge in [0.15, 0.2) is 0 Å². The number of ether oxygens (including phenoxy) is 1. The van der Waals surface area contributed by atoms with Crippen LogP contribution in [-0.2, 0) is 14.8 Å². The summed E-state index contributed by atoms with van der Waals surface area (Å²) in [5.74, 6) is 0.257. The lowest BCUT2D eigenvalue weighted by molar-refractivity contribution is -0.114. The third kappa shape index (κ3) is 5.99. The molecule has 0 aromatic heterocycles. The Morgan fingerprint density at radius 3 is 2.33 bits per heavy atom. The number of anilines is 2. The van der Waals surface area contributed by atoms with Crippen molar-refractivity contribution in [1.29, 1.82) is 0 Å². The number of aryl methyl sites for hydroxylation is 2. The van der Waals surface area contributed by atoms with E-state index in [0.29, 0.717) is 23.7 Å². The van der Waals surface area contributed by atoms with Crippen LogP contribution in [0.2, 0.25) is 0 Å². The third-order valence-corrected chi connectivity index (χ3v) is 5.08. The van der Waals surface area contributed by atoms with E-state index in [2.05, 4.69) is 5.32 Å². The highest BCUT2D eigenvalue weighted by Crippen LogP contribution is 2.22. The van der Waals surface area contributed by atoms with E-state index in [1.807, 2.05) is 39.0 Å². The summed E-state index contributed by atoms with van der Waals surface area (Å²) in [5, 5.41) is 2.78. The Morgan fingerprint density at radius 2 is 1.78 bits per heavy atom. The maximum Gasteiger partial charge on any atom is 0.245 e. The molecule has 0 saturated heterocycles. The number of carbonyl (C=O) groups excluding carboxylic acids is 1. The second-order valence-electron chi connectivity index (χ2n) is 6.48. The van der Waals surface area contributed by atoms with Crippen molar-refractivity contribution in [3.63, 3.8) is 0 Å². The molecule has 0 aliphatic rings. The number of hydrogen-bond donors (Lipinski definition) is 1. The average molecular weight is 391 g/mol. The van der Waals surface area contributed by atoms with Crippen LogP contribution in [-0.4, -0.2) is 33.7 Å². The summed E-state index contributed by atoms with van der Waals surface area (Å²) in [6, 6.07) is 12.3. The summed E-state index contributed by atoms with van der Waals surface area (Å²) in [5.41, 5.74) is 3.10. The Balaban J connectivity index is 2.16. The van der Waals surface area contributed by atoms with Crippen LogP contribution >= 0.6 is 0 Å². The molecule has 0 atom stereocenters. The Morgan fingerprint density at radius 1 is 1.11 bits per heavy atom. The zero-order chi connectivity index (χ0) is 20.0. The van der Waals surface area contributed by atoms with Crippen molar-refractivity contribution < 1.29 is 17.9 Å². The van der Waals surface area contributed by atoms with E-state index in [1.54, 1.807) is 24.3 Å². The summed E-state index contributed by atoms with van der Waals surface area (Å²) in [6.45, 7) is 6.16. The fourth-order valence-electron chi connectivity index (χ4n) is 2.60. The molecule has 0 unspecified atom stereocenters. The monoisotopic (exact) mass is 390 g/mol. The van der Waals surface area contributed by atoms with Gasteiger partial charge >= 0.3 is 0 Å². The number of carbonyl (C=O) groups is 1. The molecule has 0 spiro atoms. The molecule has 2 rings (SSSR count). The molecule has 7 heteroatoms. The van der Waals surface area contributed by atoms with E-state index in [0.717, 1.165) is 28.1 Å². The van der Waals surface area contributed by atoms with Gasteiger partial charge in [-0.3, -0.25) is 9.10 Å². The summed E-state index contributed by atoms with van der Waals surface area (Å²) in [7, 11) is -3.62. The van der Waals surface area contributed by atoms with E-state index < -0.39 is 15.9 Å². The molecule has 2 aromatic carbocycles. The van der Waals surface area contributed by atoms with Crippen LogP contribution in [0.5, 0.6) is 5.75 Å². The lowest BCUT2D eigenvalue weighted by Gasteiger charge is -2.22. The van der Waals surface area contributed by atoms with Crippen molar-refractivity contribution in [3.05, 3.63) is 53.6 Å². The molecule has 27 heavy (non-hydrogen) atoms. The molecule has 0 heterocycles. The molecule has 0 radical (unpaired) electrons. The second kappa shape index (κ2) is 8.90. The summed E-state index contributed by atoms with van der Waals surface area (Å²) < 4.78 is 31.0. The Kier molecular flexibility index (Phi) is 6.85. The highest BCUT2D eigenvalue weighted by atomic mass is 32.2. The number of sulfonamides is 1. The van der Waals surface area contributed by atoms with Crippen LogP contribution in [0.25, 0.3) is 0 Å². The van der Waals surface area contributed by atoms with Gasteiger partial charge in [-0.15, -0.1) is 0 Å². The van der Waals surface area contributed by atoms with Crippen molar-refractivity contribution >= 4 is 27.3 Å². The van der Waals surface area contributed by atoms with Crippen molar-refractivity contribution in [1.82, 2.24) is 0 Å². The minimum atomic E-state index is -3.62. The molecule has 0 fully saturated rings. The molecule has 6 nitrogen and oxygen atoms in total. The lowest BCUT2D eigenvalue weighted by atomic mass is 10.1. The summed E-state index contributed by atoms with van der Waals surface area (Å²) in [6.07, 6.45) is 1.97. The predicted octanol–water partition coefficient (Wildman–Crippen LogP) is 3.50. The van der Waals surface area contributed by atoms with E-state index in [-0.39, 0.29) is 6.54 Å².